The van der Waals surface area contributed by atoms with E-state index in [1.54, 1.807) is 0 Å². The number of hydrogen-bond donors (Lipinski definition) is 2. The lowest BCUT2D eigenvalue weighted by Crippen LogP contribution is -2.34. The number of carbonyl (C=O) groups is 3. The summed E-state index contributed by atoms with van der Waals surface area (Å²) in [7, 11) is 0. The first-order valence-electron chi connectivity index (χ1n) is 7.54. The molecule has 2 fully saturated rings. The summed E-state index contributed by atoms with van der Waals surface area (Å²) in [6, 6.07) is 0. The molecular weight excluding hydrogens is 272 g/mol. The van der Waals surface area contributed by atoms with E-state index in [0.717, 1.165) is 6.42 Å². The maximum atomic E-state index is 12.4. The Bertz CT molecular complexity index is 472. The normalized spacial score (nSPS) is 32.9. The molecule has 1 saturated carbocycles. The summed E-state index contributed by atoms with van der Waals surface area (Å²) >= 11 is 0. The second-order valence-corrected chi connectivity index (χ2v) is 6.01. The first-order chi connectivity index (χ1) is 10.1. The van der Waals surface area contributed by atoms with Crippen LogP contribution in [-0.4, -0.2) is 47.4 Å². The van der Waals surface area contributed by atoms with Gasteiger partial charge in [0.05, 0.1) is 18.4 Å². The van der Waals surface area contributed by atoms with Gasteiger partial charge in [0, 0.05) is 19.5 Å². The number of hydrogen-bond acceptors (Lipinski definition) is 4. The van der Waals surface area contributed by atoms with Gasteiger partial charge >= 0.3 is 0 Å². The molecule has 0 aromatic carbocycles. The van der Waals surface area contributed by atoms with Gasteiger partial charge in [0.2, 0.25) is 17.7 Å². The standard InChI is InChI=1S/C15H20N2O4/c18-7-5-16-11(19)2-1-6-17-14(20)12-9-3-4-10(8-9)13(12)15(17)21/h3-4,9-10,12-13,18H,1-2,5-8H2,(H,16,19)/t9?,10?,12-,13+. The van der Waals surface area contributed by atoms with Crippen LogP contribution >= 0.6 is 0 Å². The van der Waals surface area contributed by atoms with Crippen LogP contribution in [0.1, 0.15) is 19.3 Å². The molecule has 0 spiro atoms. The van der Waals surface area contributed by atoms with Gasteiger partial charge in [-0.2, -0.15) is 0 Å². The number of amides is 3. The fourth-order valence-corrected chi connectivity index (χ4v) is 3.87. The molecule has 2 bridgehead atoms. The fourth-order valence-electron chi connectivity index (χ4n) is 3.87. The predicted octanol–water partition coefficient (Wildman–Crippen LogP) is -0.318. The molecular formula is C15H20N2O4. The average molecular weight is 292 g/mol. The molecule has 1 aliphatic heterocycles. The van der Waals surface area contributed by atoms with Gasteiger partial charge in [-0.3, -0.25) is 19.3 Å². The third-order valence-corrected chi connectivity index (χ3v) is 4.78. The largest absolute Gasteiger partial charge is 0.395 e. The van der Waals surface area contributed by atoms with Crippen molar-refractivity contribution in [2.24, 2.45) is 23.7 Å². The van der Waals surface area contributed by atoms with Crippen molar-refractivity contribution >= 4 is 17.7 Å². The minimum Gasteiger partial charge on any atom is -0.395 e. The number of carbonyl (C=O) groups excluding carboxylic acids is 3. The molecule has 6 nitrogen and oxygen atoms in total. The zero-order chi connectivity index (χ0) is 15.0. The number of imide groups is 1. The second-order valence-electron chi connectivity index (χ2n) is 6.01. The van der Waals surface area contributed by atoms with E-state index in [1.165, 1.54) is 4.90 Å². The summed E-state index contributed by atoms with van der Waals surface area (Å²) in [5.74, 6) is -0.129. The maximum absolute atomic E-state index is 12.4. The van der Waals surface area contributed by atoms with Crippen LogP contribution in [0.5, 0.6) is 0 Å². The van der Waals surface area contributed by atoms with Crippen LogP contribution in [0.3, 0.4) is 0 Å². The van der Waals surface area contributed by atoms with Gasteiger partial charge in [0.1, 0.15) is 0 Å². The Labute approximate surface area is 123 Å². The van der Waals surface area contributed by atoms with Crippen LogP contribution < -0.4 is 5.32 Å². The number of likely N-dealkylation sites (tertiary alicyclic amines) is 1. The summed E-state index contributed by atoms with van der Waals surface area (Å²) < 4.78 is 0. The zero-order valence-corrected chi connectivity index (χ0v) is 11.8. The van der Waals surface area contributed by atoms with Crippen molar-refractivity contribution in [3.05, 3.63) is 12.2 Å². The summed E-state index contributed by atoms with van der Waals surface area (Å²) in [5, 5.41) is 11.2. The van der Waals surface area contributed by atoms with Gasteiger partial charge in [-0.25, -0.2) is 0 Å². The van der Waals surface area contributed by atoms with Crippen molar-refractivity contribution in [2.45, 2.75) is 19.3 Å². The Morgan fingerprint density at radius 3 is 2.43 bits per heavy atom. The van der Waals surface area contributed by atoms with Gasteiger partial charge in [0.15, 0.2) is 0 Å². The lowest BCUT2D eigenvalue weighted by atomic mass is 9.85. The minimum absolute atomic E-state index is 0.0578. The van der Waals surface area contributed by atoms with Crippen LogP contribution in [0.2, 0.25) is 0 Å². The van der Waals surface area contributed by atoms with Crippen LogP contribution in [0.25, 0.3) is 0 Å². The number of fused-ring (bicyclic) bond motifs is 5. The predicted molar refractivity (Wildman–Crippen MR) is 73.8 cm³/mol. The molecule has 6 heteroatoms. The highest BCUT2D eigenvalue weighted by Gasteiger charge is 2.58. The van der Waals surface area contributed by atoms with E-state index in [0.29, 0.717) is 13.0 Å². The van der Waals surface area contributed by atoms with E-state index < -0.39 is 0 Å². The number of aliphatic hydroxyl groups excluding tert-OH is 1. The van der Waals surface area contributed by atoms with Crippen molar-refractivity contribution in [3.8, 4) is 0 Å². The Morgan fingerprint density at radius 2 is 1.86 bits per heavy atom. The summed E-state index contributed by atoms with van der Waals surface area (Å²) in [6.45, 7) is 0.463. The molecule has 114 valence electrons. The Balaban J connectivity index is 1.52. The summed E-state index contributed by atoms with van der Waals surface area (Å²) in [4.78, 5) is 37.5. The smallest absolute Gasteiger partial charge is 0.233 e. The summed E-state index contributed by atoms with van der Waals surface area (Å²) in [6.07, 6.45) is 5.81. The third-order valence-electron chi connectivity index (χ3n) is 4.78. The van der Waals surface area contributed by atoms with E-state index in [2.05, 4.69) is 17.5 Å². The highest BCUT2D eigenvalue weighted by molar-refractivity contribution is 6.06. The van der Waals surface area contributed by atoms with E-state index in [-0.39, 0.29) is 61.0 Å². The van der Waals surface area contributed by atoms with Crippen molar-refractivity contribution < 1.29 is 19.5 Å². The first kappa shape index (κ1) is 14.3. The molecule has 3 rings (SSSR count). The van der Waals surface area contributed by atoms with Crippen LogP contribution in [0, 0.1) is 23.7 Å². The monoisotopic (exact) mass is 292 g/mol. The van der Waals surface area contributed by atoms with Crippen molar-refractivity contribution in [3.63, 3.8) is 0 Å². The average Bonchev–Trinajstić information content (AvgIpc) is 3.14. The van der Waals surface area contributed by atoms with E-state index >= 15 is 0 Å². The molecule has 2 unspecified atom stereocenters. The number of nitrogens with one attached hydrogen (secondary N) is 1. The lowest BCUT2D eigenvalue weighted by Gasteiger charge is -2.16. The Hall–Kier alpha value is -1.69. The molecule has 3 aliphatic rings. The molecule has 3 amide bonds. The van der Waals surface area contributed by atoms with Crippen LogP contribution in [-0.2, 0) is 14.4 Å². The highest BCUT2D eigenvalue weighted by atomic mass is 16.3. The van der Waals surface area contributed by atoms with Gasteiger partial charge < -0.3 is 10.4 Å². The number of allylic oxidation sites excluding steroid dienone is 2. The summed E-state index contributed by atoms with van der Waals surface area (Å²) in [5.41, 5.74) is 0. The molecule has 2 aliphatic carbocycles. The molecule has 0 radical (unpaired) electrons. The molecule has 1 saturated heterocycles. The van der Waals surface area contributed by atoms with E-state index in [9.17, 15) is 14.4 Å². The van der Waals surface area contributed by atoms with E-state index in [4.69, 9.17) is 5.11 Å². The van der Waals surface area contributed by atoms with Crippen molar-refractivity contribution in [1.82, 2.24) is 10.2 Å². The Kier molecular flexibility index (Phi) is 3.80. The van der Waals surface area contributed by atoms with Gasteiger partial charge in [0.25, 0.3) is 0 Å². The second kappa shape index (κ2) is 5.60. The molecule has 1 heterocycles. The van der Waals surface area contributed by atoms with E-state index in [1.807, 2.05) is 0 Å². The molecule has 21 heavy (non-hydrogen) atoms. The van der Waals surface area contributed by atoms with Crippen molar-refractivity contribution in [1.29, 1.82) is 0 Å². The molecule has 0 aromatic rings. The number of aliphatic hydroxyl groups is 1. The van der Waals surface area contributed by atoms with Gasteiger partial charge in [-0.15, -0.1) is 0 Å². The highest BCUT2D eigenvalue weighted by Crippen LogP contribution is 2.52. The van der Waals surface area contributed by atoms with Crippen LogP contribution in [0.4, 0.5) is 0 Å². The molecule has 0 aromatic heterocycles. The SMILES string of the molecule is O=C(CCCN1C(=O)[C@@H]2C3C=CC(C3)[C@@H]2C1=O)NCCO. The van der Waals surface area contributed by atoms with Gasteiger partial charge in [-0.1, -0.05) is 12.2 Å². The molecule has 4 atom stereocenters. The number of nitrogens with zero attached hydrogens (tertiary/aromatic N) is 1. The number of rotatable bonds is 6. The quantitative estimate of drug-likeness (QED) is 0.519. The third kappa shape index (κ3) is 2.37. The lowest BCUT2D eigenvalue weighted by molar-refractivity contribution is -0.141. The van der Waals surface area contributed by atoms with Crippen LogP contribution in [0.15, 0.2) is 12.2 Å². The fraction of sp³-hybridized carbons (Fsp3) is 0.667. The van der Waals surface area contributed by atoms with Crippen molar-refractivity contribution in [2.75, 3.05) is 19.7 Å². The molecule has 2 N–H and O–H groups in total. The minimum atomic E-state index is -0.162. The Morgan fingerprint density at radius 1 is 1.24 bits per heavy atom. The van der Waals surface area contributed by atoms with Gasteiger partial charge in [-0.05, 0) is 24.7 Å². The zero-order valence-electron chi connectivity index (χ0n) is 11.8. The maximum Gasteiger partial charge on any atom is 0.233 e. The topological polar surface area (TPSA) is 86.7 Å². The first-order valence-corrected chi connectivity index (χ1v) is 7.54.